The van der Waals surface area contributed by atoms with Gasteiger partial charge < -0.3 is 15.4 Å². The Morgan fingerprint density at radius 2 is 2.31 bits per heavy atom. The molecular formula is C18H33IN4OS2. The fourth-order valence-corrected chi connectivity index (χ4v) is 4.36. The maximum atomic E-state index is 5.71. The summed E-state index contributed by atoms with van der Waals surface area (Å²) in [4.78, 5) is 8.30. The number of nitrogens with one attached hydrogen (secondary N) is 2. The second-order valence-electron chi connectivity index (χ2n) is 6.29. The zero-order valence-corrected chi connectivity index (χ0v) is 20.0. The minimum Gasteiger partial charge on any atom is -0.376 e. The Balaban J connectivity index is 0.00000338. The first-order valence-corrected chi connectivity index (χ1v) is 11.3. The van der Waals surface area contributed by atoms with E-state index in [0.29, 0.717) is 12.1 Å². The zero-order chi connectivity index (χ0) is 17.9. The number of ether oxygens (including phenoxy) is 1. The number of guanidine groups is 1. The Bertz CT molecular complexity index is 501. The molecule has 0 aromatic carbocycles. The molecule has 2 N–H and O–H groups in total. The van der Waals surface area contributed by atoms with Crippen LogP contribution in [0.2, 0.25) is 0 Å². The standard InChI is InChI=1S/C18H32N4OS2.HI/c1-15-14-22(9-10-23-15)16(17-7-6-12-25-17)13-21-18(19-2)20-8-4-5-11-24-3;/h6-7,12,15-16H,4-5,8-11,13-14H2,1-3H3,(H2,19,20,21);1H. The molecular weight excluding hydrogens is 479 g/mol. The zero-order valence-electron chi connectivity index (χ0n) is 16.1. The fourth-order valence-electron chi connectivity index (χ4n) is 3.01. The first kappa shape index (κ1) is 24.0. The van der Waals surface area contributed by atoms with Crippen LogP contribution >= 0.6 is 47.1 Å². The van der Waals surface area contributed by atoms with Gasteiger partial charge in [-0.25, -0.2) is 0 Å². The minimum absolute atomic E-state index is 0. The molecule has 0 radical (unpaired) electrons. The maximum Gasteiger partial charge on any atom is 0.191 e. The minimum atomic E-state index is 0. The smallest absolute Gasteiger partial charge is 0.191 e. The molecule has 2 unspecified atom stereocenters. The van der Waals surface area contributed by atoms with E-state index in [1.807, 2.05) is 30.1 Å². The molecule has 1 aromatic heterocycles. The number of thiophene rings is 1. The fraction of sp³-hybridized carbons (Fsp3) is 0.722. The molecule has 0 spiro atoms. The van der Waals surface area contributed by atoms with Crippen LogP contribution in [0.25, 0.3) is 0 Å². The van der Waals surface area contributed by atoms with E-state index in [1.54, 1.807) is 0 Å². The lowest BCUT2D eigenvalue weighted by atomic mass is 10.1. The molecule has 150 valence electrons. The van der Waals surface area contributed by atoms with Crippen LogP contribution in [0.4, 0.5) is 0 Å². The van der Waals surface area contributed by atoms with E-state index in [9.17, 15) is 0 Å². The van der Waals surface area contributed by atoms with Gasteiger partial charge in [-0.05, 0) is 43.2 Å². The number of aliphatic imine (C=N–C) groups is 1. The molecule has 0 aliphatic carbocycles. The molecule has 1 aliphatic heterocycles. The third-order valence-corrected chi connectivity index (χ3v) is 6.01. The van der Waals surface area contributed by atoms with Crippen molar-refractivity contribution in [3.63, 3.8) is 0 Å². The van der Waals surface area contributed by atoms with Crippen molar-refractivity contribution in [3.05, 3.63) is 22.4 Å². The third-order valence-electron chi connectivity index (χ3n) is 4.34. The van der Waals surface area contributed by atoms with Crippen molar-refractivity contribution in [1.82, 2.24) is 15.5 Å². The molecule has 0 amide bonds. The van der Waals surface area contributed by atoms with Gasteiger partial charge in [0.2, 0.25) is 0 Å². The Morgan fingerprint density at radius 1 is 1.46 bits per heavy atom. The van der Waals surface area contributed by atoms with Crippen LogP contribution < -0.4 is 10.6 Å². The van der Waals surface area contributed by atoms with Crippen LogP contribution in [-0.2, 0) is 4.74 Å². The molecule has 1 fully saturated rings. The van der Waals surface area contributed by atoms with Crippen molar-refractivity contribution < 1.29 is 4.74 Å². The van der Waals surface area contributed by atoms with E-state index in [2.05, 4.69) is 51.2 Å². The van der Waals surface area contributed by atoms with Crippen LogP contribution in [0, 0.1) is 0 Å². The lowest BCUT2D eigenvalue weighted by Gasteiger charge is -2.37. The van der Waals surface area contributed by atoms with E-state index in [1.165, 1.54) is 23.5 Å². The molecule has 26 heavy (non-hydrogen) atoms. The number of morpholine rings is 1. The molecule has 1 aliphatic rings. The molecule has 2 heterocycles. The van der Waals surface area contributed by atoms with Crippen molar-refractivity contribution >= 4 is 53.0 Å². The summed E-state index contributed by atoms with van der Waals surface area (Å²) >= 11 is 3.73. The number of thioether (sulfide) groups is 1. The molecule has 1 aromatic rings. The first-order chi connectivity index (χ1) is 12.2. The highest BCUT2D eigenvalue weighted by atomic mass is 127. The van der Waals surface area contributed by atoms with Crippen molar-refractivity contribution in [3.8, 4) is 0 Å². The highest BCUT2D eigenvalue weighted by Crippen LogP contribution is 2.26. The van der Waals surface area contributed by atoms with Gasteiger partial charge in [0, 0.05) is 38.1 Å². The van der Waals surface area contributed by atoms with E-state index in [-0.39, 0.29) is 24.0 Å². The van der Waals surface area contributed by atoms with Gasteiger partial charge in [0.05, 0.1) is 18.8 Å². The number of rotatable bonds is 9. The number of unbranched alkanes of at least 4 members (excludes halogenated alkanes) is 1. The largest absolute Gasteiger partial charge is 0.376 e. The van der Waals surface area contributed by atoms with Gasteiger partial charge in [-0.3, -0.25) is 9.89 Å². The number of hydrogen-bond acceptors (Lipinski definition) is 5. The monoisotopic (exact) mass is 512 g/mol. The summed E-state index contributed by atoms with van der Waals surface area (Å²) in [5.74, 6) is 2.12. The van der Waals surface area contributed by atoms with Crippen LogP contribution in [0.3, 0.4) is 0 Å². The summed E-state index contributed by atoms with van der Waals surface area (Å²) in [5.41, 5.74) is 0. The SMILES string of the molecule is CN=C(NCCCCSC)NCC(c1cccs1)N1CCOC(C)C1.I. The van der Waals surface area contributed by atoms with Crippen LogP contribution in [0.1, 0.15) is 30.7 Å². The molecule has 5 nitrogen and oxygen atoms in total. The van der Waals surface area contributed by atoms with Gasteiger partial charge in [0.25, 0.3) is 0 Å². The molecule has 8 heteroatoms. The molecule has 2 rings (SSSR count). The highest BCUT2D eigenvalue weighted by molar-refractivity contribution is 14.0. The van der Waals surface area contributed by atoms with Gasteiger partial charge in [-0.15, -0.1) is 35.3 Å². The highest BCUT2D eigenvalue weighted by Gasteiger charge is 2.26. The average molecular weight is 513 g/mol. The van der Waals surface area contributed by atoms with Crippen LogP contribution in [0.5, 0.6) is 0 Å². The number of hydrogen-bond donors (Lipinski definition) is 2. The van der Waals surface area contributed by atoms with Crippen molar-refractivity contribution in [2.24, 2.45) is 4.99 Å². The van der Waals surface area contributed by atoms with E-state index >= 15 is 0 Å². The van der Waals surface area contributed by atoms with E-state index in [4.69, 9.17) is 4.74 Å². The quantitative estimate of drug-likeness (QED) is 0.230. The lowest BCUT2D eigenvalue weighted by Crippen LogP contribution is -2.48. The van der Waals surface area contributed by atoms with Crippen LogP contribution in [-0.4, -0.2) is 68.8 Å². The summed E-state index contributed by atoms with van der Waals surface area (Å²) in [7, 11) is 1.84. The summed E-state index contributed by atoms with van der Waals surface area (Å²) in [6.07, 6.45) is 4.88. The van der Waals surface area contributed by atoms with E-state index < -0.39 is 0 Å². The van der Waals surface area contributed by atoms with Gasteiger partial charge in [0.1, 0.15) is 0 Å². The van der Waals surface area contributed by atoms with Crippen molar-refractivity contribution in [2.75, 3.05) is 51.8 Å². The van der Waals surface area contributed by atoms with E-state index in [0.717, 1.165) is 38.7 Å². The second kappa shape index (κ2) is 14.0. The summed E-state index contributed by atoms with van der Waals surface area (Å²) < 4.78 is 5.71. The van der Waals surface area contributed by atoms with Crippen molar-refractivity contribution in [2.45, 2.75) is 31.9 Å². The van der Waals surface area contributed by atoms with Crippen molar-refractivity contribution in [1.29, 1.82) is 0 Å². The summed E-state index contributed by atoms with van der Waals surface area (Å²) in [6, 6.07) is 4.73. The predicted molar refractivity (Wildman–Crippen MR) is 126 cm³/mol. The molecule has 0 saturated carbocycles. The normalized spacial score (nSPS) is 19.7. The molecule has 0 bridgehead atoms. The average Bonchev–Trinajstić information content (AvgIpc) is 3.14. The third kappa shape index (κ3) is 8.33. The maximum absolute atomic E-state index is 5.71. The summed E-state index contributed by atoms with van der Waals surface area (Å²) in [6.45, 7) is 6.75. The molecule has 1 saturated heterocycles. The Kier molecular flexibility index (Phi) is 13.0. The van der Waals surface area contributed by atoms with Crippen LogP contribution in [0.15, 0.2) is 22.5 Å². The second-order valence-corrected chi connectivity index (χ2v) is 8.25. The van der Waals surface area contributed by atoms with Gasteiger partial charge in [0.15, 0.2) is 5.96 Å². The number of nitrogens with zero attached hydrogens (tertiary/aromatic N) is 2. The van der Waals surface area contributed by atoms with Gasteiger partial charge in [-0.2, -0.15) is 11.8 Å². The summed E-state index contributed by atoms with van der Waals surface area (Å²) in [5, 5.41) is 9.11. The lowest BCUT2D eigenvalue weighted by molar-refractivity contribution is -0.0334. The number of halogens is 1. The first-order valence-electron chi connectivity index (χ1n) is 9.07. The van der Waals surface area contributed by atoms with Gasteiger partial charge in [-0.1, -0.05) is 6.07 Å². The Labute approximate surface area is 183 Å². The Hall–Kier alpha value is -0.0300. The topological polar surface area (TPSA) is 48.9 Å². The predicted octanol–water partition coefficient (Wildman–Crippen LogP) is 3.44. The Morgan fingerprint density at radius 3 is 2.96 bits per heavy atom. The molecule has 2 atom stereocenters. The van der Waals surface area contributed by atoms with Gasteiger partial charge >= 0.3 is 0 Å².